The molecule has 0 unspecified atom stereocenters. The van der Waals surface area contributed by atoms with Crippen LogP contribution in [0.25, 0.3) is 5.65 Å². The molecule has 1 aromatic carbocycles. The van der Waals surface area contributed by atoms with Crippen molar-refractivity contribution in [1.82, 2.24) is 23.9 Å². The predicted molar refractivity (Wildman–Crippen MR) is 128 cm³/mol. The number of pyridine rings is 1. The van der Waals surface area contributed by atoms with Gasteiger partial charge in [0, 0.05) is 18.9 Å². The molecule has 0 fully saturated rings. The number of anilines is 1. The van der Waals surface area contributed by atoms with Crippen LogP contribution in [0, 0.1) is 18.6 Å². The summed E-state index contributed by atoms with van der Waals surface area (Å²) >= 11 is 0. The standard InChI is InChI=1S/C23H24F2N6O4S/c1-3-36(33,34)27-9-11-30-13-16(12-26-30)29-23(32)21-15(2)28-22-20(8-5-10-31(21)22)35-14-17-18(24)6-4-7-19(17)25/h4-8,10,12-13,27H,3,9,11,14H2,1-2H3,(H,29,32). The molecule has 0 spiro atoms. The minimum atomic E-state index is -3.30. The molecule has 0 aliphatic rings. The first-order valence-electron chi connectivity index (χ1n) is 11.0. The highest BCUT2D eigenvalue weighted by Gasteiger charge is 2.20. The minimum absolute atomic E-state index is 0.0150. The molecule has 0 atom stereocenters. The van der Waals surface area contributed by atoms with E-state index in [-0.39, 0.29) is 42.5 Å². The van der Waals surface area contributed by atoms with Crippen molar-refractivity contribution in [2.45, 2.75) is 27.0 Å². The molecule has 1 amide bonds. The fraction of sp³-hybridized carbons (Fsp3) is 0.261. The molecule has 10 nitrogen and oxygen atoms in total. The predicted octanol–water partition coefficient (Wildman–Crippen LogP) is 2.89. The number of imidazole rings is 1. The van der Waals surface area contributed by atoms with Gasteiger partial charge in [0.05, 0.1) is 35.4 Å². The average Bonchev–Trinajstić information content (AvgIpc) is 3.42. The van der Waals surface area contributed by atoms with Gasteiger partial charge in [-0.1, -0.05) is 6.07 Å². The number of carbonyl (C=O) groups is 1. The second-order valence-electron chi connectivity index (χ2n) is 7.84. The SMILES string of the molecule is CCS(=O)(=O)NCCn1cc(NC(=O)c2c(C)nc3c(OCc4c(F)cccc4F)cccn23)cn1. The van der Waals surface area contributed by atoms with E-state index in [4.69, 9.17) is 4.74 Å². The maximum absolute atomic E-state index is 14.0. The number of nitrogens with one attached hydrogen (secondary N) is 2. The lowest BCUT2D eigenvalue weighted by Crippen LogP contribution is -2.28. The number of rotatable bonds is 10. The van der Waals surface area contributed by atoms with Gasteiger partial charge in [-0.15, -0.1) is 0 Å². The van der Waals surface area contributed by atoms with Gasteiger partial charge >= 0.3 is 0 Å². The van der Waals surface area contributed by atoms with Gasteiger partial charge in [-0.3, -0.25) is 13.9 Å². The Labute approximate surface area is 206 Å². The number of aryl methyl sites for hydroxylation is 1. The lowest BCUT2D eigenvalue weighted by molar-refractivity contribution is 0.102. The number of halogens is 2. The summed E-state index contributed by atoms with van der Waals surface area (Å²) in [5, 5.41) is 6.87. The summed E-state index contributed by atoms with van der Waals surface area (Å²) < 4.78 is 62.1. The maximum atomic E-state index is 14.0. The van der Waals surface area contributed by atoms with E-state index in [0.29, 0.717) is 17.0 Å². The molecule has 0 saturated carbocycles. The van der Waals surface area contributed by atoms with Crippen molar-refractivity contribution in [1.29, 1.82) is 0 Å². The Balaban J connectivity index is 1.48. The molecule has 4 aromatic rings. The summed E-state index contributed by atoms with van der Waals surface area (Å²) in [5.74, 6) is -1.65. The summed E-state index contributed by atoms with van der Waals surface area (Å²) in [5.41, 5.74) is 1.18. The van der Waals surface area contributed by atoms with Gasteiger partial charge in [-0.05, 0) is 38.1 Å². The molecular formula is C23H24F2N6O4S. The van der Waals surface area contributed by atoms with Crippen LogP contribution in [0.1, 0.15) is 28.7 Å². The second kappa shape index (κ2) is 10.4. The molecule has 2 N–H and O–H groups in total. The monoisotopic (exact) mass is 518 g/mol. The highest BCUT2D eigenvalue weighted by atomic mass is 32.2. The number of hydrogen-bond acceptors (Lipinski definition) is 6. The zero-order valence-electron chi connectivity index (χ0n) is 19.5. The van der Waals surface area contributed by atoms with Crippen molar-refractivity contribution >= 4 is 27.3 Å². The zero-order valence-corrected chi connectivity index (χ0v) is 20.3. The molecule has 13 heteroatoms. The van der Waals surface area contributed by atoms with Crippen molar-refractivity contribution < 1.29 is 26.7 Å². The zero-order chi connectivity index (χ0) is 25.9. The van der Waals surface area contributed by atoms with E-state index in [1.165, 1.54) is 21.3 Å². The quantitative estimate of drug-likeness (QED) is 0.333. The van der Waals surface area contributed by atoms with Gasteiger partial charge in [0.1, 0.15) is 23.9 Å². The fourth-order valence-electron chi connectivity index (χ4n) is 3.52. The molecule has 0 radical (unpaired) electrons. The topological polar surface area (TPSA) is 120 Å². The molecule has 0 aliphatic carbocycles. The van der Waals surface area contributed by atoms with Crippen molar-refractivity contribution in [2.75, 3.05) is 17.6 Å². The Bertz CT molecular complexity index is 1500. The molecule has 0 saturated heterocycles. The van der Waals surface area contributed by atoms with E-state index in [1.807, 2.05) is 0 Å². The number of carbonyl (C=O) groups excluding carboxylic acids is 1. The first-order valence-corrected chi connectivity index (χ1v) is 12.7. The van der Waals surface area contributed by atoms with Crippen molar-refractivity contribution in [3.63, 3.8) is 0 Å². The number of nitrogens with zero attached hydrogens (tertiary/aromatic N) is 4. The highest BCUT2D eigenvalue weighted by Crippen LogP contribution is 2.24. The third-order valence-electron chi connectivity index (χ3n) is 5.37. The van der Waals surface area contributed by atoms with Crippen LogP contribution in [-0.2, 0) is 23.2 Å². The van der Waals surface area contributed by atoms with Crippen LogP contribution >= 0.6 is 0 Å². The van der Waals surface area contributed by atoms with Gasteiger partial charge in [-0.2, -0.15) is 5.10 Å². The largest absolute Gasteiger partial charge is 0.485 e. The van der Waals surface area contributed by atoms with Gasteiger partial charge in [0.25, 0.3) is 5.91 Å². The van der Waals surface area contributed by atoms with Gasteiger partial charge < -0.3 is 10.1 Å². The van der Waals surface area contributed by atoms with Crippen LogP contribution in [-0.4, -0.2) is 45.8 Å². The Kier molecular flexibility index (Phi) is 7.31. The number of fused-ring (bicyclic) bond motifs is 1. The summed E-state index contributed by atoms with van der Waals surface area (Å²) in [7, 11) is -3.30. The van der Waals surface area contributed by atoms with E-state index < -0.39 is 27.6 Å². The van der Waals surface area contributed by atoms with Crippen LogP contribution in [0.2, 0.25) is 0 Å². The maximum Gasteiger partial charge on any atom is 0.274 e. The van der Waals surface area contributed by atoms with E-state index in [1.54, 1.807) is 38.4 Å². The van der Waals surface area contributed by atoms with Crippen molar-refractivity contribution in [2.24, 2.45) is 0 Å². The molecule has 3 heterocycles. The van der Waals surface area contributed by atoms with Crippen molar-refractivity contribution in [3.05, 3.63) is 77.5 Å². The number of amides is 1. The van der Waals surface area contributed by atoms with Gasteiger partial charge in [-0.25, -0.2) is 26.9 Å². The second-order valence-corrected chi connectivity index (χ2v) is 9.94. The van der Waals surface area contributed by atoms with Crippen LogP contribution in [0.3, 0.4) is 0 Å². The number of benzene rings is 1. The van der Waals surface area contributed by atoms with Crippen LogP contribution < -0.4 is 14.8 Å². The van der Waals surface area contributed by atoms with E-state index in [0.717, 1.165) is 12.1 Å². The molecule has 36 heavy (non-hydrogen) atoms. The molecule has 3 aromatic heterocycles. The first kappa shape index (κ1) is 25.3. The number of ether oxygens (including phenoxy) is 1. The average molecular weight is 519 g/mol. The number of hydrogen-bond donors (Lipinski definition) is 2. The van der Waals surface area contributed by atoms with Crippen molar-refractivity contribution in [3.8, 4) is 5.75 Å². The normalized spacial score (nSPS) is 11.7. The van der Waals surface area contributed by atoms with Gasteiger partial charge in [0.15, 0.2) is 11.4 Å². The molecule has 190 valence electrons. The fourth-order valence-corrected chi connectivity index (χ4v) is 4.13. The lowest BCUT2D eigenvalue weighted by Gasteiger charge is -2.09. The molecule has 4 rings (SSSR count). The Morgan fingerprint density at radius 2 is 1.92 bits per heavy atom. The summed E-state index contributed by atoms with van der Waals surface area (Å²) in [4.78, 5) is 17.5. The molecule has 0 aliphatic heterocycles. The highest BCUT2D eigenvalue weighted by molar-refractivity contribution is 7.89. The summed E-state index contributed by atoms with van der Waals surface area (Å²) in [6.45, 7) is 3.30. The molecule has 0 bridgehead atoms. The van der Waals surface area contributed by atoms with E-state index in [9.17, 15) is 22.0 Å². The summed E-state index contributed by atoms with van der Waals surface area (Å²) in [6, 6.07) is 6.80. The third-order valence-corrected chi connectivity index (χ3v) is 6.78. The Morgan fingerprint density at radius 3 is 2.64 bits per heavy atom. The van der Waals surface area contributed by atoms with E-state index in [2.05, 4.69) is 20.1 Å². The third kappa shape index (κ3) is 5.52. The lowest BCUT2D eigenvalue weighted by atomic mass is 10.2. The van der Waals surface area contributed by atoms with Crippen LogP contribution in [0.4, 0.5) is 14.5 Å². The minimum Gasteiger partial charge on any atom is -0.485 e. The Morgan fingerprint density at radius 1 is 1.17 bits per heavy atom. The summed E-state index contributed by atoms with van der Waals surface area (Å²) in [6.07, 6.45) is 4.65. The Hall–Kier alpha value is -3.84. The first-order chi connectivity index (χ1) is 17.2. The number of aromatic nitrogens is 4. The number of sulfonamides is 1. The molecular weight excluding hydrogens is 494 g/mol. The van der Waals surface area contributed by atoms with Gasteiger partial charge in [0.2, 0.25) is 10.0 Å². The van der Waals surface area contributed by atoms with Crippen LogP contribution in [0.5, 0.6) is 5.75 Å². The van der Waals surface area contributed by atoms with E-state index >= 15 is 0 Å². The van der Waals surface area contributed by atoms with Crippen LogP contribution in [0.15, 0.2) is 48.9 Å². The smallest absolute Gasteiger partial charge is 0.274 e.